The fraction of sp³-hybridized carbons (Fsp3) is 0.667. The Hall–Kier alpha value is 0.0969. The predicted molar refractivity (Wildman–Crippen MR) is 25.7 cm³/mol. The summed E-state index contributed by atoms with van der Waals surface area (Å²) in [5, 5.41) is 0. The molecule has 4 heteroatoms. The summed E-state index contributed by atoms with van der Waals surface area (Å²) in [5.41, 5.74) is 0. The summed E-state index contributed by atoms with van der Waals surface area (Å²) in [6, 6.07) is -0.0764. The van der Waals surface area contributed by atoms with Crippen molar-refractivity contribution >= 4 is 8.80 Å². The van der Waals surface area contributed by atoms with Crippen molar-refractivity contribution in [2.75, 3.05) is 0 Å². The van der Waals surface area contributed by atoms with E-state index in [0.717, 1.165) is 0 Å². The van der Waals surface area contributed by atoms with Gasteiger partial charge in [-0.1, -0.05) is 6.92 Å². The van der Waals surface area contributed by atoms with E-state index in [0.29, 0.717) is 6.42 Å². The molecular formula is C3H8O3Si. The molecule has 0 rings (SSSR count). The van der Waals surface area contributed by atoms with Crippen molar-refractivity contribution in [3.63, 3.8) is 0 Å². The second-order valence-electron chi connectivity index (χ2n) is 1.35. The lowest BCUT2D eigenvalue weighted by Crippen LogP contribution is -2.31. The summed E-state index contributed by atoms with van der Waals surface area (Å²) in [7, 11) is -3.97. The molecule has 0 aromatic heterocycles. The van der Waals surface area contributed by atoms with Gasteiger partial charge in [0, 0.05) is 6.04 Å². The van der Waals surface area contributed by atoms with Crippen LogP contribution in [-0.4, -0.2) is 18.4 Å². The lowest BCUT2D eigenvalue weighted by atomic mass is 10.6. The van der Waals surface area contributed by atoms with E-state index in [4.69, 9.17) is 9.59 Å². The summed E-state index contributed by atoms with van der Waals surface area (Å²) < 4.78 is 0. The van der Waals surface area contributed by atoms with Crippen LogP contribution in [0.4, 0.5) is 0 Å². The molecule has 0 saturated carbocycles. The fourth-order valence-electron chi connectivity index (χ4n) is 0.230. The van der Waals surface area contributed by atoms with Crippen molar-refractivity contribution < 1.29 is 14.4 Å². The topological polar surface area (TPSA) is 60.4 Å². The standard InChI is InChI=1S/C3H8O3Si/c1-2-3-7(4,5)6/h4-5H,1-3H2. The minimum absolute atomic E-state index is 0.0764. The van der Waals surface area contributed by atoms with Crippen LogP contribution in [0.5, 0.6) is 0 Å². The molecule has 0 spiro atoms. The number of hydrogen-bond acceptors (Lipinski definition) is 2. The van der Waals surface area contributed by atoms with Crippen LogP contribution >= 0.6 is 0 Å². The zero-order valence-electron chi connectivity index (χ0n) is 3.92. The van der Waals surface area contributed by atoms with Crippen LogP contribution in [0.25, 0.3) is 0 Å². The van der Waals surface area contributed by atoms with Crippen molar-refractivity contribution in [3.05, 3.63) is 6.92 Å². The van der Waals surface area contributed by atoms with Crippen molar-refractivity contribution in [1.29, 1.82) is 0 Å². The molecule has 2 radical (unpaired) electrons. The molecule has 0 aliphatic rings. The second kappa shape index (κ2) is 2.42. The summed E-state index contributed by atoms with van der Waals surface area (Å²) in [6.45, 7) is 3.29. The van der Waals surface area contributed by atoms with Crippen LogP contribution in [0.15, 0.2) is 0 Å². The Morgan fingerprint density at radius 3 is 2.00 bits per heavy atom. The quantitative estimate of drug-likeness (QED) is 0.485. The van der Waals surface area contributed by atoms with E-state index in [1.54, 1.807) is 0 Å². The molecular weight excluding hydrogens is 112 g/mol. The highest BCUT2D eigenvalue weighted by Crippen LogP contribution is 1.98. The highest BCUT2D eigenvalue weighted by atomic mass is 28.4. The largest absolute Gasteiger partial charge is 0.523 e. The Bertz CT molecular complexity index is 48.6. The maximum Gasteiger partial charge on any atom is 0.523 e. The van der Waals surface area contributed by atoms with Gasteiger partial charge in [0.25, 0.3) is 0 Å². The molecule has 0 atom stereocenters. The summed E-state index contributed by atoms with van der Waals surface area (Å²) >= 11 is 0. The van der Waals surface area contributed by atoms with Gasteiger partial charge in [-0.2, -0.15) is 0 Å². The van der Waals surface area contributed by atoms with Gasteiger partial charge in [0.05, 0.1) is 0 Å². The van der Waals surface area contributed by atoms with E-state index in [9.17, 15) is 4.80 Å². The van der Waals surface area contributed by atoms with Crippen LogP contribution in [0.3, 0.4) is 0 Å². The van der Waals surface area contributed by atoms with E-state index >= 15 is 0 Å². The van der Waals surface area contributed by atoms with E-state index < -0.39 is 8.80 Å². The molecule has 0 aromatic carbocycles. The van der Waals surface area contributed by atoms with E-state index in [2.05, 4.69) is 6.92 Å². The number of rotatable bonds is 2. The Balaban J connectivity index is 3.15. The molecule has 0 bridgehead atoms. The Kier molecular flexibility index (Phi) is 2.45. The van der Waals surface area contributed by atoms with Crippen molar-refractivity contribution in [2.45, 2.75) is 12.5 Å². The first kappa shape index (κ1) is 7.10. The zero-order chi connectivity index (χ0) is 5.91. The maximum atomic E-state index is 9.91. The van der Waals surface area contributed by atoms with E-state index in [-0.39, 0.29) is 6.04 Å². The van der Waals surface area contributed by atoms with Crippen LogP contribution in [0.2, 0.25) is 6.04 Å². The highest BCUT2D eigenvalue weighted by Gasteiger charge is 2.27. The molecule has 2 N–H and O–H groups in total. The maximum absolute atomic E-state index is 9.91. The molecule has 7 heavy (non-hydrogen) atoms. The minimum Gasteiger partial charge on any atom is -0.389 e. The highest BCUT2D eigenvalue weighted by molar-refractivity contribution is 6.55. The normalized spacial score (nSPS) is 12.0. The molecule has 3 nitrogen and oxygen atoms in total. The average molecular weight is 120 g/mol. The van der Waals surface area contributed by atoms with Crippen LogP contribution in [0, 0.1) is 6.92 Å². The summed E-state index contributed by atoms with van der Waals surface area (Å²) in [6.07, 6.45) is 0.308. The SMILES string of the molecule is [CH2]CC[Si]([O])(O)O. The molecule has 0 unspecified atom stereocenters. The Labute approximate surface area is 43.6 Å². The van der Waals surface area contributed by atoms with Gasteiger partial charge in [-0.05, 0) is 6.42 Å². The Morgan fingerprint density at radius 2 is 2.00 bits per heavy atom. The lowest BCUT2D eigenvalue weighted by Gasteiger charge is -2.01. The number of hydrogen-bond donors (Lipinski definition) is 2. The van der Waals surface area contributed by atoms with Crippen LogP contribution in [-0.2, 0) is 4.80 Å². The van der Waals surface area contributed by atoms with E-state index in [1.165, 1.54) is 0 Å². The third-order valence-electron chi connectivity index (χ3n) is 0.502. The van der Waals surface area contributed by atoms with Crippen molar-refractivity contribution in [1.82, 2.24) is 0 Å². The minimum atomic E-state index is -3.97. The van der Waals surface area contributed by atoms with Gasteiger partial charge in [0.15, 0.2) is 0 Å². The first-order valence-electron chi connectivity index (χ1n) is 2.00. The first-order chi connectivity index (χ1) is 3.06. The third-order valence-corrected chi connectivity index (χ3v) is 1.51. The van der Waals surface area contributed by atoms with Gasteiger partial charge in [-0.3, -0.25) is 0 Å². The molecule has 42 valence electrons. The van der Waals surface area contributed by atoms with Gasteiger partial charge < -0.3 is 9.59 Å². The Morgan fingerprint density at radius 1 is 1.57 bits per heavy atom. The smallest absolute Gasteiger partial charge is 0.389 e. The average Bonchev–Trinajstić information content (AvgIpc) is 1.30. The van der Waals surface area contributed by atoms with Crippen molar-refractivity contribution in [3.8, 4) is 0 Å². The van der Waals surface area contributed by atoms with Gasteiger partial charge >= 0.3 is 8.80 Å². The van der Waals surface area contributed by atoms with Gasteiger partial charge in [-0.25, -0.2) is 4.80 Å². The molecule has 0 aromatic rings. The fourth-order valence-corrected chi connectivity index (χ4v) is 0.691. The van der Waals surface area contributed by atoms with Crippen LogP contribution < -0.4 is 0 Å². The predicted octanol–water partition coefficient (Wildman–Crippen LogP) is -0.435. The molecule has 0 aliphatic carbocycles. The van der Waals surface area contributed by atoms with Crippen LogP contribution in [0.1, 0.15) is 6.42 Å². The van der Waals surface area contributed by atoms with Gasteiger partial charge in [0.1, 0.15) is 0 Å². The monoisotopic (exact) mass is 120 g/mol. The molecule has 0 amide bonds. The second-order valence-corrected chi connectivity index (χ2v) is 3.33. The molecule has 0 saturated heterocycles. The lowest BCUT2D eigenvalue weighted by molar-refractivity contribution is 0.182. The molecule has 0 aliphatic heterocycles. The summed E-state index contributed by atoms with van der Waals surface area (Å²) in [5.74, 6) is 0. The van der Waals surface area contributed by atoms with Gasteiger partial charge in [-0.15, -0.1) is 0 Å². The first-order valence-corrected chi connectivity index (χ1v) is 4.01. The van der Waals surface area contributed by atoms with E-state index in [1.807, 2.05) is 0 Å². The van der Waals surface area contributed by atoms with Gasteiger partial charge in [0.2, 0.25) is 0 Å². The van der Waals surface area contributed by atoms with Crippen molar-refractivity contribution in [2.24, 2.45) is 0 Å². The summed E-state index contributed by atoms with van der Waals surface area (Å²) in [4.78, 5) is 26.1. The third kappa shape index (κ3) is 6.10. The molecule has 0 heterocycles. The molecule has 0 fully saturated rings. The zero-order valence-corrected chi connectivity index (χ0v) is 4.92.